The van der Waals surface area contributed by atoms with Gasteiger partial charge in [0.2, 0.25) is 5.91 Å². The van der Waals surface area contributed by atoms with Crippen molar-refractivity contribution < 1.29 is 4.79 Å². The molecule has 118 valence electrons. The first-order valence-electron chi connectivity index (χ1n) is 8.39. The van der Waals surface area contributed by atoms with Gasteiger partial charge in [0.15, 0.2) is 0 Å². The zero-order valence-corrected chi connectivity index (χ0v) is 13.9. The van der Waals surface area contributed by atoms with Gasteiger partial charge in [0.1, 0.15) is 0 Å². The van der Waals surface area contributed by atoms with Gasteiger partial charge in [0.25, 0.3) is 0 Å². The third-order valence-electron chi connectivity index (χ3n) is 4.49. The lowest BCUT2D eigenvalue weighted by molar-refractivity contribution is -0.130. The molecule has 0 aliphatic carbocycles. The zero-order valence-electron chi connectivity index (χ0n) is 13.9. The minimum atomic E-state index is 0.228. The molecule has 2 saturated heterocycles. The number of carbonyl (C=O) groups excluding carboxylic acids is 1. The van der Waals surface area contributed by atoms with E-state index < -0.39 is 0 Å². The van der Waals surface area contributed by atoms with Crippen LogP contribution in [0, 0.1) is 5.92 Å². The number of rotatable bonds is 3. The maximum absolute atomic E-state index is 11.3. The van der Waals surface area contributed by atoms with Gasteiger partial charge in [-0.15, -0.1) is 0 Å². The van der Waals surface area contributed by atoms with Gasteiger partial charge in [-0.2, -0.15) is 0 Å². The molecule has 2 aliphatic heterocycles. The van der Waals surface area contributed by atoms with E-state index in [1.807, 2.05) is 18.7 Å². The molecule has 2 aliphatic rings. The summed E-state index contributed by atoms with van der Waals surface area (Å²) < 4.78 is 0. The average molecular weight is 283 g/mol. The number of nitrogens with zero attached hydrogens (tertiary/aromatic N) is 3. The molecule has 0 aromatic carbocycles. The summed E-state index contributed by atoms with van der Waals surface area (Å²) >= 11 is 0. The lowest BCUT2D eigenvalue weighted by Gasteiger charge is -2.38. The molecule has 1 amide bonds. The SMILES string of the molecule is CC.CCN1CCC(CN2CCN(C(C)=O)CC2)CC1. The Morgan fingerprint density at radius 2 is 1.50 bits per heavy atom. The molecule has 0 unspecified atom stereocenters. The van der Waals surface area contributed by atoms with Gasteiger partial charge in [-0.05, 0) is 38.4 Å². The number of amides is 1. The van der Waals surface area contributed by atoms with Crippen molar-refractivity contribution in [1.29, 1.82) is 0 Å². The van der Waals surface area contributed by atoms with Crippen LogP contribution in [0.3, 0.4) is 0 Å². The van der Waals surface area contributed by atoms with Crippen LogP contribution in [0.2, 0.25) is 0 Å². The summed E-state index contributed by atoms with van der Waals surface area (Å²) in [6.45, 7) is 16.9. The highest BCUT2D eigenvalue weighted by Gasteiger charge is 2.23. The van der Waals surface area contributed by atoms with Gasteiger partial charge in [-0.1, -0.05) is 20.8 Å². The van der Waals surface area contributed by atoms with Gasteiger partial charge in [0, 0.05) is 39.6 Å². The third-order valence-corrected chi connectivity index (χ3v) is 4.49. The van der Waals surface area contributed by atoms with Crippen molar-refractivity contribution in [2.45, 2.75) is 40.5 Å². The Balaban J connectivity index is 0.000000956. The van der Waals surface area contributed by atoms with Crippen LogP contribution in [0.5, 0.6) is 0 Å². The Kier molecular flexibility index (Phi) is 8.15. The van der Waals surface area contributed by atoms with E-state index in [0.29, 0.717) is 0 Å². The number of piperazine rings is 1. The highest BCUT2D eigenvalue weighted by Crippen LogP contribution is 2.18. The summed E-state index contributed by atoms with van der Waals surface area (Å²) in [7, 11) is 0. The van der Waals surface area contributed by atoms with Crippen molar-refractivity contribution in [3.8, 4) is 0 Å². The Labute approximate surface area is 125 Å². The quantitative estimate of drug-likeness (QED) is 0.791. The van der Waals surface area contributed by atoms with E-state index in [9.17, 15) is 4.79 Å². The van der Waals surface area contributed by atoms with Crippen molar-refractivity contribution in [1.82, 2.24) is 14.7 Å². The van der Waals surface area contributed by atoms with E-state index in [1.165, 1.54) is 39.0 Å². The van der Waals surface area contributed by atoms with Crippen molar-refractivity contribution in [3.05, 3.63) is 0 Å². The fraction of sp³-hybridized carbons (Fsp3) is 0.938. The Hall–Kier alpha value is -0.610. The maximum Gasteiger partial charge on any atom is 0.219 e. The summed E-state index contributed by atoms with van der Waals surface area (Å²) in [5, 5.41) is 0. The zero-order chi connectivity index (χ0) is 15.0. The standard InChI is InChI=1S/C14H27N3O.C2H6/c1-3-15-6-4-14(5-7-15)12-16-8-10-17(11-9-16)13(2)18;1-2/h14H,3-12H2,1-2H3;1-2H3. The van der Waals surface area contributed by atoms with Crippen molar-refractivity contribution in [2.24, 2.45) is 5.92 Å². The largest absolute Gasteiger partial charge is 0.340 e. The highest BCUT2D eigenvalue weighted by atomic mass is 16.2. The summed E-state index contributed by atoms with van der Waals surface area (Å²) in [6, 6.07) is 0. The van der Waals surface area contributed by atoms with Crippen LogP contribution in [-0.4, -0.2) is 73.0 Å². The van der Waals surface area contributed by atoms with Gasteiger partial charge in [-0.25, -0.2) is 0 Å². The summed E-state index contributed by atoms with van der Waals surface area (Å²) in [5.41, 5.74) is 0. The lowest BCUT2D eigenvalue weighted by atomic mass is 9.96. The minimum Gasteiger partial charge on any atom is -0.340 e. The minimum absolute atomic E-state index is 0.228. The molecule has 0 aromatic rings. The first-order chi connectivity index (χ1) is 9.69. The molecule has 0 saturated carbocycles. The molecule has 20 heavy (non-hydrogen) atoms. The van der Waals surface area contributed by atoms with Crippen LogP contribution in [0.1, 0.15) is 40.5 Å². The molecule has 4 nitrogen and oxygen atoms in total. The summed E-state index contributed by atoms with van der Waals surface area (Å²) in [6.07, 6.45) is 2.70. The maximum atomic E-state index is 11.3. The van der Waals surface area contributed by atoms with Crippen LogP contribution < -0.4 is 0 Å². The fourth-order valence-corrected chi connectivity index (χ4v) is 3.10. The van der Waals surface area contributed by atoms with Crippen molar-refractivity contribution in [3.63, 3.8) is 0 Å². The first-order valence-corrected chi connectivity index (χ1v) is 8.39. The molecule has 0 spiro atoms. The van der Waals surface area contributed by atoms with E-state index >= 15 is 0 Å². The second-order valence-electron chi connectivity index (χ2n) is 5.68. The summed E-state index contributed by atoms with van der Waals surface area (Å²) in [4.78, 5) is 18.3. The van der Waals surface area contributed by atoms with Crippen LogP contribution in [-0.2, 0) is 4.79 Å². The molecular weight excluding hydrogens is 250 g/mol. The van der Waals surface area contributed by atoms with Crippen LogP contribution in [0.15, 0.2) is 0 Å². The predicted octanol–water partition coefficient (Wildman–Crippen LogP) is 1.91. The second-order valence-corrected chi connectivity index (χ2v) is 5.68. The second kappa shape index (κ2) is 9.35. The van der Waals surface area contributed by atoms with Gasteiger partial charge >= 0.3 is 0 Å². The normalized spacial score (nSPS) is 22.3. The average Bonchev–Trinajstić information content (AvgIpc) is 2.50. The molecule has 0 bridgehead atoms. The molecule has 4 heteroatoms. The van der Waals surface area contributed by atoms with E-state index in [-0.39, 0.29) is 5.91 Å². The van der Waals surface area contributed by atoms with Crippen LogP contribution in [0.25, 0.3) is 0 Å². The molecule has 2 heterocycles. The molecule has 2 rings (SSSR count). The Morgan fingerprint density at radius 3 is 1.95 bits per heavy atom. The number of hydrogen-bond acceptors (Lipinski definition) is 3. The van der Waals surface area contributed by atoms with Crippen LogP contribution >= 0.6 is 0 Å². The number of carbonyl (C=O) groups is 1. The number of likely N-dealkylation sites (tertiary alicyclic amines) is 1. The molecule has 0 radical (unpaired) electrons. The monoisotopic (exact) mass is 283 g/mol. The summed E-state index contributed by atoms with van der Waals surface area (Å²) in [5.74, 6) is 1.10. The number of piperidine rings is 1. The van der Waals surface area contributed by atoms with Gasteiger partial charge in [0.05, 0.1) is 0 Å². The molecule has 0 atom stereocenters. The van der Waals surface area contributed by atoms with Crippen LogP contribution in [0.4, 0.5) is 0 Å². The lowest BCUT2D eigenvalue weighted by Crippen LogP contribution is -2.50. The van der Waals surface area contributed by atoms with E-state index in [2.05, 4.69) is 16.7 Å². The van der Waals surface area contributed by atoms with E-state index in [0.717, 1.165) is 32.1 Å². The smallest absolute Gasteiger partial charge is 0.219 e. The molecule has 0 aromatic heterocycles. The first kappa shape index (κ1) is 17.4. The fourth-order valence-electron chi connectivity index (χ4n) is 3.10. The van der Waals surface area contributed by atoms with E-state index in [4.69, 9.17) is 0 Å². The molecular formula is C16H33N3O. The highest BCUT2D eigenvalue weighted by molar-refractivity contribution is 5.73. The topological polar surface area (TPSA) is 26.8 Å². The third kappa shape index (κ3) is 5.41. The van der Waals surface area contributed by atoms with Crippen molar-refractivity contribution >= 4 is 5.91 Å². The van der Waals surface area contributed by atoms with E-state index in [1.54, 1.807) is 6.92 Å². The van der Waals surface area contributed by atoms with Crippen molar-refractivity contribution in [2.75, 3.05) is 52.4 Å². The predicted molar refractivity (Wildman–Crippen MR) is 84.9 cm³/mol. The Morgan fingerprint density at radius 1 is 0.950 bits per heavy atom. The number of hydrogen-bond donors (Lipinski definition) is 0. The Bertz CT molecular complexity index is 267. The van der Waals surface area contributed by atoms with Gasteiger partial charge < -0.3 is 9.80 Å². The van der Waals surface area contributed by atoms with Gasteiger partial charge in [-0.3, -0.25) is 9.69 Å². The molecule has 0 N–H and O–H groups in total. The molecule has 2 fully saturated rings.